The van der Waals surface area contributed by atoms with E-state index in [1.165, 1.54) is 21.8 Å². The predicted molar refractivity (Wildman–Crippen MR) is 105 cm³/mol. The summed E-state index contributed by atoms with van der Waals surface area (Å²) < 4.78 is 10.5. The number of hydrogen-bond acceptors (Lipinski definition) is 6. The molecule has 3 rings (SSSR count). The fourth-order valence-corrected chi connectivity index (χ4v) is 4.75. The highest BCUT2D eigenvalue weighted by Gasteiger charge is 2.30. The van der Waals surface area contributed by atoms with Gasteiger partial charge in [0, 0.05) is 4.88 Å². The van der Waals surface area contributed by atoms with E-state index in [4.69, 9.17) is 9.47 Å². The molecule has 7 nitrogen and oxygen atoms in total. The molecule has 1 aliphatic heterocycles. The molecule has 8 heteroatoms. The first kappa shape index (κ1) is 20.4. The van der Waals surface area contributed by atoms with Gasteiger partial charge in [0.2, 0.25) is 0 Å². The Hall–Kier alpha value is -2.35. The topological polar surface area (TPSA) is 93.7 Å². The van der Waals surface area contributed by atoms with E-state index in [0.717, 1.165) is 25.7 Å². The van der Waals surface area contributed by atoms with Crippen molar-refractivity contribution in [3.05, 3.63) is 32.7 Å². The first-order valence-electron chi connectivity index (χ1n) is 9.69. The minimum atomic E-state index is -0.536. The van der Waals surface area contributed by atoms with Gasteiger partial charge in [0.1, 0.15) is 11.5 Å². The summed E-state index contributed by atoms with van der Waals surface area (Å²) in [5.74, 6) is -0.302. The van der Waals surface area contributed by atoms with Crippen molar-refractivity contribution in [2.75, 3.05) is 13.2 Å². The molecule has 2 amide bonds. The maximum atomic E-state index is 12.5. The number of rotatable bonds is 6. The summed E-state index contributed by atoms with van der Waals surface area (Å²) >= 11 is 1.48. The Bertz CT molecular complexity index is 814. The molecule has 0 saturated heterocycles. The van der Waals surface area contributed by atoms with Crippen LogP contribution in [-0.4, -0.2) is 37.2 Å². The monoisotopic (exact) mass is 406 g/mol. The molecule has 2 atom stereocenters. The second-order valence-corrected chi connectivity index (χ2v) is 8.22. The zero-order chi connectivity index (χ0) is 20.3. The summed E-state index contributed by atoms with van der Waals surface area (Å²) in [5.41, 5.74) is 1.77. The van der Waals surface area contributed by atoms with Gasteiger partial charge < -0.3 is 20.1 Å². The van der Waals surface area contributed by atoms with Crippen LogP contribution in [0.15, 0.2) is 17.3 Å². The van der Waals surface area contributed by atoms with Gasteiger partial charge in [-0.1, -0.05) is 13.3 Å². The molecule has 0 spiro atoms. The van der Waals surface area contributed by atoms with Crippen LogP contribution in [0.2, 0.25) is 0 Å². The van der Waals surface area contributed by atoms with Gasteiger partial charge in [0.05, 0.1) is 23.9 Å². The van der Waals surface area contributed by atoms with Crippen molar-refractivity contribution in [2.24, 2.45) is 5.92 Å². The third kappa shape index (κ3) is 4.38. The van der Waals surface area contributed by atoms with Crippen LogP contribution in [0.5, 0.6) is 0 Å². The van der Waals surface area contributed by atoms with Gasteiger partial charge in [-0.2, -0.15) is 0 Å². The van der Waals surface area contributed by atoms with Gasteiger partial charge in [-0.25, -0.2) is 14.4 Å². The van der Waals surface area contributed by atoms with Crippen LogP contribution >= 0.6 is 11.3 Å². The summed E-state index contributed by atoms with van der Waals surface area (Å²) in [6.45, 7) is 5.62. The number of urea groups is 1. The number of amides is 2. The molecule has 2 N–H and O–H groups in total. The minimum absolute atomic E-state index is 0.190. The fourth-order valence-electron chi connectivity index (χ4n) is 3.65. The van der Waals surface area contributed by atoms with Gasteiger partial charge >= 0.3 is 18.0 Å². The Kier molecular flexibility index (Phi) is 6.39. The molecule has 1 aromatic heterocycles. The van der Waals surface area contributed by atoms with Crippen LogP contribution in [-0.2, 0) is 27.1 Å². The molecule has 0 bridgehead atoms. The summed E-state index contributed by atoms with van der Waals surface area (Å²) in [6, 6.07) is 0.958. The smallest absolute Gasteiger partial charge is 0.348 e. The van der Waals surface area contributed by atoms with Crippen molar-refractivity contribution in [2.45, 2.75) is 52.5 Å². The summed E-state index contributed by atoms with van der Waals surface area (Å²) in [6.07, 6.45) is 4.31. The Morgan fingerprint density at radius 3 is 2.75 bits per heavy atom. The third-order valence-corrected chi connectivity index (χ3v) is 6.39. The lowest BCUT2D eigenvalue weighted by atomic mass is 9.87. The molecule has 1 aliphatic carbocycles. The van der Waals surface area contributed by atoms with E-state index >= 15 is 0 Å². The van der Waals surface area contributed by atoms with Crippen molar-refractivity contribution in [1.82, 2.24) is 10.6 Å². The number of carbonyl (C=O) groups is 3. The van der Waals surface area contributed by atoms with Gasteiger partial charge in [-0.15, -0.1) is 11.3 Å². The van der Waals surface area contributed by atoms with E-state index in [0.29, 0.717) is 10.8 Å². The zero-order valence-corrected chi connectivity index (χ0v) is 17.2. The second-order valence-electron chi connectivity index (χ2n) is 7.09. The van der Waals surface area contributed by atoms with Crippen LogP contribution in [0, 0.1) is 5.92 Å². The van der Waals surface area contributed by atoms with Crippen molar-refractivity contribution < 1.29 is 23.9 Å². The molecular formula is C20H26N2O5S. The lowest BCUT2D eigenvalue weighted by molar-refractivity contribution is -0.139. The summed E-state index contributed by atoms with van der Waals surface area (Å²) in [4.78, 5) is 38.4. The van der Waals surface area contributed by atoms with Crippen LogP contribution in [0.1, 0.15) is 53.7 Å². The Morgan fingerprint density at radius 1 is 1.25 bits per heavy atom. The maximum absolute atomic E-state index is 12.5. The van der Waals surface area contributed by atoms with E-state index in [2.05, 4.69) is 17.6 Å². The summed E-state index contributed by atoms with van der Waals surface area (Å²) in [7, 11) is 0. The van der Waals surface area contributed by atoms with E-state index in [-0.39, 0.29) is 24.5 Å². The van der Waals surface area contributed by atoms with E-state index < -0.39 is 24.0 Å². The van der Waals surface area contributed by atoms with Crippen LogP contribution in [0.25, 0.3) is 0 Å². The Labute approximate surface area is 168 Å². The number of hydrogen-bond donors (Lipinski definition) is 2. The normalized spacial score (nSPS) is 21.5. The van der Waals surface area contributed by atoms with Gasteiger partial charge in [0.25, 0.3) is 0 Å². The molecule has 28 heavy (non-hydrogen) atoms. The number of ether oxygens (including phenoxy) is 2. The van der Waals surface area contributed by atoms with E-state index in [1.54, 1.807) is 13.8 Å². The van der Waals surface area contributed by atoms with Gasteiger partial charge in [-0.3, -0.25) is 0 Å². The molecule has 0 unspecified atom stereocenters. The number of carbonyl (C=O) groups excluding carboxylic acids is 3. The molecule has 2 aliphatic rings. The fraction of sp³-hybridized carbons (Fsp3) is 0.550. The first-order chi connectivity index (χ1) is 13.4. The molecule has 152 valence electrons. The average Bonchev–Trinajstić information content (AvgIpc) is 3.08. The van der Waals surface area contributed by atoms with Gasteiger partial charge in [0.15, 0.2) is 0 Å². The maximum Gasteiger partial charge on any atom is 0.348 e. The quantitative estimate of drug-likeness (QED) is 0.709. The van der Waals surface area contributed by atoms with Crippen molar-refractivity contribution in [3.63, 3.8) is 0 Å². The minimum Gasteiger partial charge on any atom is -0.463 e. The Balaban J connectivity index is 1.72. The number of nitrogens with one attached hydrogen (secondary N) is 2. The lowest BCUT2D eigenvalue weighted by Gasteiger charge is -2.26. The highest BCUT2D eigenvalue weighted by molar-refractivity contribution is 7.14. The zero-order valence-electron chi connectivity index (χ0n) is 16.4. The van der Waals surface area contributed by atoms with Crippen LogP contribution in [0.4, 0.5) is 4.79 Å². The lowest BCUT2D eigenvalue weighted by Crippen LogP contribution is -2.50. The molecule has 0 aromatic carbocycles. The van der Waals surface area contributed by atoms with Crippen LogP contribution in [0.3, 0.4) is 0 Å². The van der Waals surface area contributed by atoms with Crippen LogP contribution < -0.4 is 10.6 Å². The molecule has 0 radical (unpaired) electrons. The average molecular weight is 407 g/mol. The predicted octanol–water partition coefficient (Wildman–Crippen LogP) is 2.94. The molecule has 0 fully saturated rings. The number of thiophene rings is 1. The van der Waals surface area contributed by atoms with Gasteiger partial charge in [-0.05, 0) is 50.7 Å². The SMILES string of the molecule is CCOC(=O)C1=C(COC(=O)c2cc3c(s2)CC[C@H](CC)C3)NC(=O)N[C@@H]1C. The second kappa shape index (κ2) is 8.77. The largest absolute Gasteiger partial charge is 0.463 e. The molecule has 2 heterocycles. The molecule has 0 saturated carbocycles. The number of aryl methyl sites for hydroxylation is 1. The van der Waals surface area contributed by atoms with Crippen molar-refractivity contribution in [1.29, 1.82) is 0 Å². The standard InChI is InChI=1S/C20H26N2O5S/c1-4-12-6-7-15-13(8-12)9-16(28-15)18(23)27-10-14-17(19(24)26-5-2)11(3)21-20(25)22-14/h9,11-12H,4-8,10H2,1-3H3,(H2,21,22,25)/t11-,12+/m1/s1. The number of fused-ring (bicyclic) bond motifs is 1. The van der Waals surface area contributed by atoms with E-state index in [1.807, 2.05) is 6.07 Å². The number of esters is 2. The molecule has 1 aromatic rings. The van der Waals surface area contributed by atoms with E-state index in [9.17, 15) is 14.4 Å². The first-order valence-corrected chi connectivity index (χ1v) is 10.5. The van der Waals surface area contributed by atoms with Crippen molar-refractivity contribution in [3.8, 4) is 0 Å². The molecular weight excluding hydrogens is 380 g/mol. The van der Waals surface area contributed by atoms with Crippen molar-refractivity contribution >= 4 is 29.3 Å². The third-order valence-electron chi connectivity index (χ3n) is 5.18. The highest BCUT2D eigenvalue weighted by atomic mass is 32.1. The summed E-state index contributed by atoms with van der Waals surface area (Å²) in [5, 5.41) is 5.17. The highest BCUT2D eigenvalue weighted by Crippen LogP contribution is 2.33. The Morgan fingerprint density at radius 2 is 2.04 bits per heavy atom.